The highest BCUT2D eigenvalue weighted by molar-refractivity contribution is 7.11. The van der Waals surface area contributed by atoms with Crippen molar-refractivity contribution in [1.29, 1.82) is 0 Å². The average Bonchev–Trinajstić information content (AvgIpc) is 3.49. The molecule has 9 nitrogen and oxygen atoms in total. The van der Waals surface area contributed by atoms with E-state index >= 15 is 0 Å². The number of likely N-dealkylation sites (N-methyl/N-ethyl adjacent to an activating group) is 1. The van der Waals surface area contributed by atoms with E-state index in [-0.39, 0.29) is 43.6 Å². The van der Waals surface area contributed by atoms with Gasteiger partial charge in [0.05, 0.1) is 18.7 Å². The number of thiazole rings is 1. The van der Waals surface area contributed by atoms with Crippen molar-refractivity contribution in [3.05, 3.63) is 57.7 Å². The summed E-state index contributed by atoms with van der Waals surface area (Å²) in [5, 5.41) is 16.4. The maximum Gasteiger partial charge on any atom is 0.338 e. The van der Waals surface area contributed by atoms with Crippen molar-refractivity contribution in [3.8, 4) is 5.75 Å². The molecule has 0 saturated carbocycles. The molecule has 11 heteroatoms. The summed E-state index contributed by atoms with van der Waals surface area (Å²) in [6, 6.07) is 5.76. The summed E-state index contributed by atoms with van der Waals surface area (Å²) >= 11 is 1.39. The first-order valence-corrected chi connectivity index (χ1v) is 12.7. The molecule has 1 saturated heterocycles. The first kappa shape index (κ1) is 25.9. The molecule has 2 aliphatic heterocycles. The van der Waals surface area contributed by atoms with E-state index < -0.39 is 18.2 Å². The molecule has 0 radical (unpaired) electrons. The lowest BCUT2D eigenvalue weighted by molar-refractivity contribution is -0.139. The smallest absolute Gasteiger partial charge is 0.338 e. The fourth-order valence-electron chi connectivity index (χ4n) is 4.63. The molecular formula is C25H30FN5O4S. The third-order valence-corrected chi connectivity index (χ3v) is 7.01. The van der Waals surface area contributed by atoms with Gasteiger partial charge in [0.1, 0.15) is 24.2 Å². The maximum atomic E-state index is 14.6. The van der Waals surface area contributed by atoms with E-state index in [1.807, 2.05) is 22.2 Å². The molecule has 192 valence electrons. The van der Waals surface area contributed by atoms with E-state index in [0.717, 1.165) is 6.29 Å². The van der Waals surface area contributed by atoms with Gasteiger partial charge in [-0.05, 0) is 26.5 Å². The van der Waals surface area contributed by atoms with E-state index in [0.29, 0.717) is 35.1 Å². The molecule has 3 atom stereocenters. The number of likely N-dealkylation sites (tertiary alicyclic amines) is 1. The van der Waals surface area contributed by atoms with E-state index in [9.17, 15) is 19.1 Å². The van der Waals surface area contributed by atoms with Gasteiger partial charge in [-0.2, -0.15) is 0 Å². The summed E-state index contributed by atoms with van der Waals surface area (Å²) in [4.78, 5) is 37.1. The van der Waals surface area contributed by atoms with Gasteiger partial charge in [0.25, 0.3) is 0 Å². The molecule has 2 aromatic rings. The number of halogens is 1. The summed E-state index contributed by atoms with van der Waals surface area (Å²) < 4.78 is 20.0. The van der Waals surface area contributed by atoms with E-state index in [1.165, 1.54) is 11.3 Å². The number of carbonyl (C=O) groups excluding carboxylic acids is 2. The summed E-state index contributed by atoms with van der Waals surface area (Å²) in [6.07, 6.45) is 1.80. The van der Waals surface area contributed by atoms with Gasteiger partial charge in [-0.25, -0.2) is 14.2 Å². The third-order valence-electron chi connectivity index (χ3n) is 6.23. The van der Waals surface area contributed by atoms with Crippen LogP contribution in [0.15, 0.2) is 52.1 Å². The Morgan fingerprint density at radius 1 is 1.42 bits per heavy atom. The Balaban J connectivity index is 1.75. The van der Waals surface area contributed by atoms with Crippen LogP contribution in [-0.2, 0) is 14.3 Å². The Morgan fingerprint density at radius 3 is 2.92 bits per heavy atom. The number of para-hydroxylation sites is 1. The molecule has 4 rings (SSSR count). The number of benzene rings is 1. The number of nitrogens with one attached hydrogen (secondary N) is 1. The predicted molar refractivity (Wildman–Crippen MR) is 135 cm³/mol. The zero-order valence-electron chi connectivity index (χ0n) is 20.3. The van der Waals surface area contributed by atoms with Gasteiger partial charge in [-0.1, -0.05) is 18.2 Å². The number of aldehydes is 1. The van der Waals surface area contributed by atoms with Crippen LogP contribution in [0.1, 0.15) is 30.0 Å². The lowest BCUT2D eigenvalue weighted by Crippen LogP contribution is -2.44. The maximum absolute atomic E-state index is 14.6. The number of rotatable bonds is 10. The number of aromatic hydroxyl groups is 1. The minimum Gasteiger partial charge on any atom is -0.508 e. The summed E-state index contributed by atoms with van der Waals surface area (Å²) in [7, 11) is 1.82. The van der Waals surface area contributed by atoms with Crippen LogP contribution in [0.4, 0.5) is 4.39 Å². The molecular weight excluding hydrogens is 485 g/mol. The van der Waals surface area contributed by atoms with Gasteiger partial charge in [0.2, 0.25) is 0 Å². The number of aromatic nitrogens is 1. The molecule has 1 aromatic heterocycles. The number of nitrogens with zero attached hydrogens (tertiary/aromatic N) is 4. The highest BCUT2D eigenvalue weighted by atomic mass is 32.1. The zero-order valence-corrected chi connectivity index (χ0v) is 21.1. The highest BCUT2D eigenvalue weighted by Crippen LogP contribution is 2.37. The summed E-state index contributed by atoms with van der Waals surface area (Å²) in [5.41, 5.74) is 1.25. The molecule has 1 aromatic carbocycles. The largest absolute Gasteiger partial charge is 0.508 e. The van der Waals surface area contributed by atoms with Crippen molar-refractivity contribution in [1.82, 2.24) is 20.1 Å². The fourth-order valence-corrected chi connectivity index (χ4v) is 5.22. The molecule has 0 spiro atoms. The van der Waals surface area contributed by atoms with Crippen molar-refractivity contribution in [3.63, 3.8) is 0 Å². The number of hydrogen-bond donors (Lipinski definition) is 2. The van der Waals surface area contributed by atoms with Crippen LogP contribution in [0, 0.1) is 0 Å². The molecule has 0 bridgehead atoms. The molecule has 0 aliphatic carbocycles. The van der Waals surface area contributed by atoms with Crippen LogP contribution < -0.4 is 5.32 Å². The molecule has 2 unspecified atom stereocenters. The number of phenols is 1. The van der Waals surface area contributed by atoms with Gasteiger partial charge in [0, 0.05) is 48.5 Å². The van der Waals surface area contributed by atoms with Crippen LogP contribution in [0.3, 0.4) is 0 Å². The minimum absolute atomic E-state index is 0.00569. The van der Waals surface area contributed by atoms with Crippen molar-refractivity contribution in [2.45, 2.75) is 31.6 Å². The first-order chi connectivity index (χ1) is 17.4. The molecule has 2 aliphatic rings. The van der Waals surface area contributed by atoms with Crippen molar-refractivity contribution in [2.75, 3.05) is 39.8 Å². The minimum atomic E-state index is -1.02. The second kappa shape index (κ2) is 11.7. The Morgan fingerprint density at radius 2 is 2.22 bits per heavy atom. The van der Waals surface area contributed by atoms with Crippen LogP contribution >= 0.6 is 11.3 Å². The van der Waals surface area contributed by atoms with E-state index in [2.05, 4.69) is 10.3 Å². The number of esters is 1. The second-order valence-electron chi connectivity index (χ2n) is 8.82. The molecule has 0 amide bonds. The van der Waals surface area contributed by atoms with Gasteiger partial charge in [0.15, 0.2) is 10.8 Å². The molecule has 1 fully saturated rings. The molecule has 3 heterocycles. The third kappa shape index (κ3) is 5.80. The number of alkyl halides is 1. The average molecular weight is 516 g/mol. The first-order valence-electron chi connectivity index (χ1n) is 11.8. The lowest BCUT2D eigenvalue weighted by atomic mass is 9.94. The number of carbonyl (C=O) groups is 2. The van der Waals surface area contributed by atoms with Crippen LogP contribution in [0.2, 0.25) is 0 Å². The highest BCUT2D eigenvalue weighted by Gasteiger charge is 2.38. The summed E-state index contributed by atoms with van der Waals surface area (Å²) in [6.45, 7) is 3.10. The van der Waals surface area contributed by atoms with Gasteiger partial charge in [-0.15, -0.1) is 11.3 Å². The topological polar surface area (TPSA) is 107 Å². The quantitative estimate of drug-likeness (QED) is 0.367. The Hall–Kier alpha value is -3.15. The van der Waals surface area contributed by atoms with Gasteiger partial charge >= 0.3 is 5.97 Å². The molecule has 36 heavy (non-hydrogen) atoms. The monoisotopic (exact) mass is 515 g/mol. The van der Waals surface area contributed by atoms with Crippen molar-refractivity contribution < 1.29 is 23.8 Å². The van der Waals surface area contributed by atoms with E-state index in [1.54, 1.807) is 37.4 Å². The van der Waals surface area contributed by atoms with Crippen LogP contribution in [0.5, 0.6) is 5.75 Å². The second-order valence-corrected chi connectivity index (χ2v) is 9.71. The van der Waals surface area contributed by atoms with Crippen LogP contribution in [-0.4, -0.2) is 90.0 Å². The predicted octanol–water partition coefficient (Wildman–Crippen LogP) is 2.30. The van der Waals surface area contributed by atoms with Crippen molar-refractivity contribution in [2.24, 2.45) is 4.99 Å². The summed E-state index contributed by atoms with van der Waals surface area (Å²) in [5.74, 6) is -0.0844. The normalized spacial score (nSPS) is 22.4. The lowest BCUT2D eigenvalue weighted by Gasteiger charge is -2.32. The van der Waals surface area contributed by atoms with Crippen molar-refractivity contribution >= 4 is 29.4 Å². The Bertz CT molecular complexity index is 1140. The zero-order chi connectivity index (χ0) is 25.7. The fraction of sp³-hybridized carbons (Fsp3) is 0.440. The Labute approximate surface area is 213 Å². The van der Waals surface area contributed by atoms with E-state index in [4.69, 9.17) is 9.73 Å². The number of amidine groups is 1. The number of ether oxygens (including phenoxy) is 1. The Kier molecular flexibility index (Phi) is 8.44. The number of phenolic OH excluding ortho intramolecular Hbond substituents is 1. The van der Waals surface area contributed by atoms with Crippen LogP contribution in [0.25, 0.3) is 0 Å². The number of hydrogen-bond acceptors (Lipinski definition) is 10. The number of aliphatic imine (C=N–C) groups is 1. The van der Waals surface area contributed by atoms with Gasteiger partial charge < -0.3 is 20.0 Å². The molecule has 2 N–H and O–H groups in total. The standard InChI is InChI=1S/C25H30FN5O4S/c1-3-35-25(34)21-19(15-31-13-16(26)12-17(31)14-30(2)9-10-32)28-23(24-27-8-11-36-24)29-22(21)18-6-4-5-7-20(18)33/h4-8,10-11,16-17,22,33H,3,9,12-15H2,1-2H3,(H,28,29)/t16?,17?,22-/m0/s1. The SMILES string of the molecule is CCOC(=O)C1=C(CN2CC(F)CC2CN(C)CC=O)NC(c2nccs2)=N[C@H]1c1ccccc1O. The van der Waals surface area contributed by atoms with Gasteiger partial charge in [-0.3, -0.25) is 14.8 Å².